The number of nitrogens with one attached hydrogen (secondary N) is 1. The molecule has 3 nitrogen and oxygen atoms in total. The van der Waals surface area contributed by atoms with Gasteiger partial charge in [-0.3, -0.25) is 4.79 Å². The van der Waals surface area contributed by atoms with Gasteiger partial charge in [0.1, 0.15) is 5.75 Å². The molecular formula is C14H9Br3ClNO2. The van der Waals surface area contributed by atoms with Gasteiger partial charge in [-0.2, -0.15) is 0 Å². The van der Waals surface area contributed by atoms with E-state index in [0.717, 1.165) is 8.95 Å². The lowest BCUT2D eigenvalue weighted by Gasteiger charge is -2.12. The number of anilines is 1. The van der Waals surface area contributed by atoms with Crippen molar-refractivity contribution < 1.29 is 9.53 Å². The summed E-state index contributed by atoms with van der Waals surface area (Å²) in [5.74, 6) is 0.355. The van der Waals surface area contributed by atoms with Gasteiger partial charge in [0.05, 0.1) is 22.8 Å². The summed E-state index contributed by atoms with van der Waals surface area (Å²) in [6.07, 6.45) is 0. The second-order valence-corrected chi connectivity index (χ2v) is 7.04. The summed E-state index contributed by atoms with van der Waals surface area (Å²) >= 11 is 16.1. The van der Waals surface area contributed by atoms with Crippen molar-refractivity contribution in [3.8, 4) is 5.75 Å². The Balaban J connectivity index is 2.33. The van der Waals surface area contributed by atoms with E-state index in [1.807, 2.05) is 6.07 Å². The van der Waals surface area contributed by atoms with Gasteiger partial charge in [0.15, 0.2) is 0 Å². The Kier molecular flexibility index (Phi) is 5.71. The van der Waals surface area contributed by atoms with Gasteiger partial charge in [-0.1, -0.05) is 11.6 Å². The summed E-state index contributed by atoms with van der Waals surface area (Å²) in [5, 5.41) is 3.32. The zero-order chi connectivity index (χ0) is 15.6. The molecule has 1 amide bonds. The van der Waals surface area contributed by atoms with Crippen molar-refractivity contribution in [1.29, 1.82) is 0 Å². The van der Waals surface area contributed by atoms with Crippen LogP contribution >= 0.6 is 59.4 Å². The normalized spacial score (nSPS) is 10.3. The molecular weight excluding hydrogens is 489 g/mol. The van der Waals surface area contributed by atoms with Gasteiger partial charge >= 0.3 is 0 Å². The van der Waals surface area contributed by atoms with Crippen molar-refractivity contribution >= 4 is 71.0 Å². The Labute approximate surface area is 152 Å². The molecule has 0 aromatic heterocycles. The topological polar surface area (TPSA) is 38.3 Å². The molecule has 110 valence electrons. The minimum Gasteiger partial charge on any atom is -0.495 e. The van der Waals surface area contributed by atoms with Crippen LogP contribution in [0, 0.1) is 0 Å². The monoisotopic (exact) mass is 495 g/mol. The molecule has 2 aromatic rings. The van der Waals surface area contributed by atoms with Crippen LogP contribution in [0.1, 0.15) is 10.4 Å². The molecule has 0 aliphatic heterocycles. The van der Waals surface area contributed by atoms with E-state index in [0.29, 0.717) is 26.5 Å². The fraction of sp³-hybridized carbons (Fsp3) is 0.0714. The second-order valence-electron chi connectivity index (χ2n) is 4.04. The van der Waals surface area contributed by atoms with E-state index in [1.54, 1.807) is 31.4 Å². The fourth-order valence-electron chi connectivity index (χ4n) is 1.64. The van der Waals surface area contributed by atoms with Crippen LogP contribution in [-0.2, 0) is 0 Å². The summed E-state index contributed by atoms with van der Waals surface area (Å²) in [6.45, 7) is 0. The SMILES string of the molecule is COc1cc(NC(=O)c2cc(Cl)ccc2Br)c(Br)cc1Br. The highest BCUT2D eigenvalue weighted by Gasteiger charge is 2.14. The average molecular weight is 498 g/mol. The third-order valence-electron chi connectivity index (χ3n) is 2.66. The zero-order valence-electron chi connectivity index (χ0n) is 10.7. The summed E-state index contributed by atoms with van der Waals surface area (Å²) in [7, 11) is 1.56. The number of rotatable bonds is 3. The maximum absolute atomic E-state index is 12.4. The van der Waals surface area contributed by atoms with E-state index in [9.17, 15) is 4.79 Å². The molecule has 1 N–H and O–H groups in total. The fourth-order valence-corrected chi connectivity index (χ4v) is 3.50. The van der Waals surface area contributed by atoms with Crippen LogP contribution in [-0.4, -0.2) is 13.0 Å². The van der Waals surface area contributed by atoms with Crippen LogP contribution in [0.2, 0.25) is 5.02 Å². The van der Waals surface area contributed by atoms with Crippen LogP contribution in [0.25, 0.3) is 0 Å². The lowest BCUT2D eigenvalue weighted by atomic mass is 10.2. The van der Waals surface area contributed by atoms with Crippen LogP contribution < -0.4 is 10.1 Å². The third-order valence-corrected chi connectivity index (χ3v) is 4.87. The standard InChI is InChI=1S/C14H9Br3ClNO2/c1-21-13-6-12(10(16)5-11(13)17)19-14(20)8-4-7(18)2-3-9(8)15/h2-6H,1H3,(H,19,20). The number of amides is 1. The van der Waals surface area contributed by atoms with Crippen LogP contribution in [0.3, 0.4) is 0 Å². The second kappa shape index (κ2) is 7.13. The predicted octanol–water partition coefficient (Wildman–Crippen LogP) is 5.89. The number of benzene rings is 2. The van der Waals surface area contributed by atoms with Gasteiger partial charge < -0.3 is 10.1 Å². The van der Waals surface area contributed by atoms with Crippen molar-refractivity contribution in [2.24, 2.45) is 0 Å². The van der Waals surface area contributed by atoms with E-state index in [4.69, 9.17) is 16.3 Å². The molecule has 0 aliphatic carbocycles. The van der Waals surface area contributed by atoms with Gasteiger partial charge in [-0.05, 0) is 72.1 Å². The first-order valence-electron chi connectivity index (χ1n) is 5.72. The van der Waals surface area contributed by atoms with Crippen molar-refractivity contribution in [3.05, 3.63) is 54.3 Å². The van der Waals surface area contributed by atoms with E-state index in [2.05, 4.69) is 53.1 Å². The first kappa shape index (κ1) is 16.8. The Morgan fingerprint density at radius 1 is 1.10 bits per heavy atom. The molecule has 0 radical (unpaired) electrons. The van der Waals surface area contributed by atoms with Gasteiger partial charge in [0, 0.05) is 20.0 Å². The number of carbonyl (C=O) groups excluding carboxylic acids is 1. The number of methoxy groups -OCH3 is 1. The summed E-state index contributed by atoms with van der Waals surface area (Å²) in [4.78, 5) is 12.4. The molecule has 2 aromatic carbocycles. The molecule has 0 saturated carbocycles. The Morgan fingerprint density at radius 3 is 2.48 bits per heavy atom. The molecule has 0 saturated heterocycles. The largest absolute Gasteiger partial charge is 0.495 e. The Bertz CT molecular complexity index is 707. The number of hydrogen-bond acceptors (Lipinski definition) is 2. The number of ether oxygens (including phenoxy) is 1. The summed E-state index contributed by atoms with van der Waals surface area (Å²) in [6, 6.07) is 8.58. The first-order chi connectivity index (χ1) is 9.92. The first-order valence-corrected chi connectivity index (χ1v) is 8.47. The van der Waals surface area contributed by atoms with Crippen LogP contribution in [0.5, 0.6) is 5.75 Å². The number of halogens is 4. The van der Waals surface area contributed by atoms with Gasteiger partial charge in [-0.15, -0.1) is 0 Å². The smallest absolute Gasteiger partial charge is 0.256 e. The summed E-state index contributed by atoms with van der Waals surface area (Å²) < 4.78 is 7.42. The average Bonchev–Trinajstić information content (AvgIpc) is 2.44. The zero-order valence-corrected chi connectivity index (χ0v) is 16.2. The molecule has 0 fully saturated rings. The Morgan fingerprint density at radius 2 is 1.81 bits per heavy atom. The number of carbonyl (C=O) groups is 1. The van der Waals surface area contributed by atoms with Crippen LogP contribution in [0.4, 0.5) is 5.69 Å². The minimum absolute atomic E-state index is 0.269. The maximum atomic E-state index is 12.4. The molecule has 0 bridgehead atoms. The van der Waals surface area contributed by atoms with E-state index < -0.39 is 0 Å². The molecule has 0 atom stereocenters. The van der Waals surface area contributed by atoms with E-state index >= 15 is 0 Å². The molecule has 0 spiro atoms. The minimum atomic E-state index is -0.269. The third kappa shape index (κ3) is 4.00. The van der Waals surface area contributed by atoms with Crippen molar-refractivity contribution in [2.75, 3.05) is 12.4 Å². The molecule has 0 heterocycles. The molecule has 2 rings (SSSR count). The van der Waals surface area contributed by atoms with Crippen LogP contribution in [0.15, 0.2) is 43.7 Å². The van der Waals surface area contributed by atoms with Crippen molar-refractivity contribution in [1.82, 2.24) is 0 Å². The predicted molar refractivity (Wildman–Crippen MR) is 95.5 cm³/mol. The van der Waals surface area contributed by atoms with Gasteiger partial charge in [0.25, 0.3) is 5.91 Å². The lowest BCUT2D eigenvalue weighted by Crippen LogP contribution is -2.13. The quantitative estimate of drug-likeness (QED) is 0.574. The van der Waals surface area contributed by atoms with Gasteiger partial charge in [0.2, 0.25) is 0 Å². The number of hydrogen-bond donors (Lipinski definition) is 1. The van der Waals surface area contributed by atoms with E-state index in [1.165, 1.54) is 0 Å². The highest BCUT2D eigenvalue weighted by atomic mass is 79.9. The Hall–Kier alpha value is -0.560. The van der Waals surface area contributed by atoms with Crippen molar-refractivity contribution in [2.45, 2.75) is 0 Å². The highest BCUT2D eigenvalue weighted by Crippen LogP contribution is 2.35. The van der Waals surface area contributed by atoms with E-state index in [-0.39, 0.29) is 5.91 Å². The van der Waals surface area contributed by atoms with Crippen molar-refractivity contribution in [3.63, 3.8) is 0 Å². The molecule has 0 aliphatic rings. The lowest BCUT2D eigenvalue weighted by molar-refractivity contribution is 0.102. The molecule has 0 unspecified atom stereocenters. The van der Waals surface area contributed by atoms with Gasteiger partial charge in [-0.25, -0.2) is 0 Å². The summed E-state index contributed by atoms with van der Waals surface area (Å²) in [5.41, 5.74) is 1.06. The molecule has 21 heavy (non-hydrogen) atoms. The maximum Gasteiger partial charge on any atom is 0.256 e. The highest BCUT2D eigenvalue weighted by molar-refractivity contribution is 9.11. The molecule has 7 heteroatoms.